The fourth-order valence-corrected chi connectivity index (χ4v) is 2.62. The summed E-state index contributed by atoms with van der Waals surface area (Å²) in [5.41, 5.74) is 1.54. The molecule has 0 aromatic heterocycles. The van der Waals surface area contributed by atoms with E-state index in [0.29, 0.717) is 39.3 Å². The number of Topliss-reactive ketones (excluding diaryl/α,β-unsaturated/α-hetero) is 1. The number of carbonyl (C=O) groups excluding carboxylic acids is 2. The molecular weight excluding hydrogens is 388 g/mol. The second kappa shape index (κ2) is 8.67. The van der Waals surface area contributed by atoms with Crippen molar-refractivity contribution in [3.8, 4) is 11.5 Å². The first-order chi connectivity index (χ1) is 12.0. The number of ketones is 1. The van der Waals surface area contributed by atoms with E-state index in [4.69, 9.17) is 14.2 Å². The van der Waals surface area contributed by atoms with E-state index in [2.05, 4.69) is 15.9 Å². The van der Waals surface area contributed by atoms with E-state index < -0.39 is 5.97 Å². The van der Waals surface area contributed by atoms with Gasteiger partial charge in [-0.3, -0.25) is 4.79 Å². The minimum atomic E-state index is -0.499. The SMILES string of the molecule is CCOc1ccc(C(C)=O)cc1COC(=O)c1cc(OC)ccc1Br. The van der Waals surface area contributed by atoms with Crippen LogP contribution in [0.4, 0.5) is 0 Å². The third-order valence-corrected chi connectivity index (χ3v) is 4.21. The van der Waals surface area contributed by atoms with Gasteiger partial charge >= 0.3 is 5.97 Å². The van der Waals surface area contributed by atoms with E-state index in [9.17, 15) is 9.59 Å². The largest absolute Gasteiger partial charge is 0.497 e. The van der Waals surface area contributed by atoms with Gasteiger partial charge in [-0.05, 0) is 66.2 Å². The van der Waals surface area contributed by atoms with E-state index in [-0.39, 0.29) is 12.4 Å². The van der Waals surface area contributed by atoms with Crippen LogP contribution in [0.1, 0.15) is 40.1 Å². The number of hydrogen-bond donors (Lipinski definition) is 0. The van der Waals surface area contributed by atoms with Gasteiger partial charge in [0.15, 0.2) is 5.78 Å². The van der Waals surface area contributed by atoms with Gasteiger partial charge in [0.05, 0.1) is 19.3 Å². The summed E-state index contributed by atoms with van der Waals surface area (Å²) in [4.78, 5) is 24.0. The Morgan fingerprint density at radius 3 is 2.52 bits per heavy atom. The molecule has 0 saturated carbocycles. The molecule has 0 N–H and O–H groups in total. The number of halogens is 1. The summed E-state index contributed by atoms with van der Waals surface area (Å²) < 4.78 is 16.7. The molecule has 0 aliphatic heterocycles. The zero-order chi connectivity index (χ0) is 18.4. The number of carbonyl (C=O) groups is 2. The monoisotopic (exact) mass is 406 g/mol. The molecule has 2 rings (SSSR count). The molecule has 2 aromatic carbocycles. The highest BCUT2D eigenvalue weighted by Crippen LogP contribution is 2.25. The Kier molecular flexibility index (Phi) is 6.58. The number of methoxy groups -OCH3 is 1. The van der Waals surface area contributed by atoms with Crippen LogP contribution in [0.5, 0.6) is 11.5 Å². The van der Waals surface area contributed by atoms with E-state index in [1.165, 1.54) is 14.0 Å². The Labute approximate surface area is 155 Å². The number of esters is 1. The number of benzene rings is 2. The Morgan fingerprint density at radius 1 is 1.12 bits per heavy atom. The van der Waals surface area contributed by atoms with Crippen LogP contribution in [0.15, 0.2) is 40.9 Å². The van der Waals surface area contributed by atoms with Gasteiger partial charge in [-0.1, -0.05) is 0 Å². The summed E-state index contributed by atoms with van der Waals surface area (Å²) >= 11 is 3.33. The molecule has 25 heavy (non-hydrogen) atoms. The van der Waals surface area contributed by atoms with Gasteiger partial charge in [0.1, 0.15) is 18.1 Å². The third-order valence-electron chi connectivity index (χ3n) is 3.52. The quantitative estimate of drug-likeness (QED) is 0.503. The van der Waals surface area contributed by atoms with Crippen molar-refractivity contribution in [3.05, 3.63) is 57.6 Å². The zero-order valence-electron chi connectivity index (χ0n) is 14.3. The molecule has 0 saturated heterocycles. The van der Waals surface area contributed by atoms with Crippen LogP contribution >= 0.6 is 15.9 Å². The average molecular weight is 407 g/mol. The van der Waals surface area contributed by atoms with Gasteiger partial charge in [-0.25, -0.2) is 4.79 Å². The minimum Gasteiger partial charge on any atom is -0.497 e. The lowest BCUT2D eigenvalue weighted by molar-refractivity contribution is 0.0468. The first-order valence-corrected chi connectivity index (χ1v) is 8.52. The molecule has 0 amide bonds. The smallest absolute Gasteiger partial charge is 0.339 e. The van der Waals surface area contributed by atoms with Crippen LogP contribution in [0.2, 0.25) is 0 Å². The molecule has 0 unspecified atom stereocenters. The first-order valence-electron chi connectivity index (χ1n) is 7.73. The molecule has 0 aliphatic rings. The molecule has 5 nitrogen and oxygen atoms in total. The van der Waals surface area contributed by atoms with E-state index in [0.717, 1.165) is 0 Å². The van der Waals surface area contributed by atoms with Crippen LogP contribution < -0.4 is 9.47 Å². The highest BCUT2D eigenvalue weighted by molar-refractivity contribution is 9.10. The molecular formula is C19H19BrO5. The molecule has 0 fully saturated rings. The Morgan fingerprint density at radius 2 is 1.88 bits per heavy atom. The number of ether oxygens (including phenoxy) is 3. The van der Waals surface area contributed by atoms with E-state index >= 15 is 0 Å². The maximum Gasteiger partial charge on any atom is 0.339 e. The van der Waals surface area contributed by atoms with Crippen molar-refractivity contribution < 1.29 is 23.8 Å². The van der Waals surface area contributed by atoms with Gasteiger partial charge in [-0.2, -0.15) is 0 Å². The Hall–Kier alpha value is -2.34. The predicted octanol–water partition coefficient (Wildman–Crippen LogP) is 4.42. The van der Waals surface area contributed by atoms with Gasteiger partial charge in [0.25, 0.3) is 0 Å². The fourth-order valence-electron chi connectivity index (χ4n) is 2.22. The maximum absolute atomic E-state index is 12.4. The molecule has 132 valence electrons. The molecule has 0 aliphatic carbocycles. The average Bonchev–Trinajstić information content (AvgIpc) is 2.61. The lowest BCUT2D eigenvalue weighted by Crippen LogP contribution is -2.08. The van der Waals surface area contributed by atoms with E-state index in [1.54, 1.807) is 36.4 Å². The van der Waals surface area contributed by atoms with Crippen molar-refractivity contribution in [2.24, 2.45) is 0 Å². The second-order valence-electron chi connectivity index (χ2n) is 5.23. The first kappa shape index (κ1) is 19.0. The van der Waals surface area contributed by atoms with E-state index in [1.807, 2.05) is 6.92 Å². The molecule has 0 radical (unpaired) electrons. The molecule has 0 bridgehead atoms. The molecule has 6 heteroatoms. The van der Waals surface area contributed by atoms with Crippen LogP contribution in [-0.4, -0.2) is 25.5 Å². The van der Waals surface area contributed by atoms with Crippen molar-refractivity contribution in [3.63, 3.8) is 0 Å². The van der Waals surface area contributed by atoms with Gasteiger partial charge < -0.3 is 14.2 Å². The molecule has 2 aromatic rings. The van der Waals surface area contributed by atoms with Crippen molar-refractivity contribution >= 4 is 27.7 Å². The zero-order valence-corrected chi connectivity index (χ0v) is 15.9. The standard InChI is InChI=1S/C19H19BrO5/c1-4-24-18-8-5-13(12(2)21)9-14(18)11-25-19(22)16-10-15(23-3)6-7-17(16)20/h5-10H,4,11H2,1-3H3. The second-order valence-corrected chi connectivity index (χ2v) is 6.09. The van der Waals surface area contributed by atoms with Crippen LogP contribution in [-0.2, 0) is 11.3 Å². The van der Waals surface area contributed by atoms with Crippen molar-refractivity contribution in [2.75, 3.05) is 13.7 Å². The minimum absolute atomic E-state index is 0.00106. The topological polar surface area (TPSA) is 61.8 Å². The lowest BCUT2D eigenvalue weighted by atomic mass is 10.1. The molecule has 0 spiro atoms. The summed E-state index contributed by atoms with van der Waals surface area (Å²) in [5.74, 6) is 0.585. The van der Waals surface area contributed by atoms with Crippen molar-refractivity contribution in [1.29, 1.82) is 0 Å². The Bertz CT molecular complexity index is 785. The van der Waals surface area contributed by atoms with Gasteiger partial charge in [-0.15, -0.1) is 0 Å². The lowest BCUT2D eigenvalue weighted by Gasteiger charge is -2.13. The summed E-state index contributed by atoms with van der Waals surface area (Å²) in [6.45, 7) is 3.82. The summed E-state index contributed by atoms with van der Waals surface area (Å²) in [6.07, 6.45) is 0. The molecule has 0 atom stereocenters. The molecule has 0 heterocycles. The van der Waals surface area contributed by atoms with Gasteiger partial charge in [0, 0.05) is 15.6 Å². The highest BCUT2D eigenvalue weighted by atomic mass is 79.9. The number of hydrogen-bond acceptors (Lipinski definition) is 5. The normalized spacial score (nSPS) is 10.2. The van der Waals surface area contributed by atoms with Crippen LogP contribution in [0.25, 0.3) is 0 Å². The van der Waals surface area contributed by atoms with Crippen molar-refractivity contribution in [1.82, 2.24) is 0 Å². The maximum atomic E-state index is 12.4. The van der Waals surface area contributed by atoms with Crippen LogP contribution in [0, 0.1) is 0 Å². The highest BCUT2D eigenvalue weighted by Gasteiger charge is 2.15. The predicted molar refractivity (Wildman–Crippen MR) is 97.4 cm³/mol. The third kappa shape index (κ3) is 4.82. The summed E-state index contributed by atoms with van der Waals surface area (Å²) in [5, 5.41) is 0. The summed E-state index contributed by atoms with van der Waals surface area (Å²) in [6, 6.07) is 10.1. The van der Waals surface area contributed by atoms with Crippen LogP contribution in [0.3, 0.4) is 0 Å². The van der Waals surface area contributed by atoms with Crippen molar-refractivity contribution in [2.45, 2.75) is 20.5 Å². The van der Waals surface area contributed by atoms with Gasteiger partial charge in [0.2, 0.25) is 0 Å². The number of rotatable bonds is 7. The summed E-state index contributed by atoms with van der Waals surface area (Å²) in [7, 11) is 1.53. The fraction of sp³-hybridized carbons (Fsp3) is 0.263. The Balaban J connectivity index is 2.21.